The van der Waals surface area contributed by atoms with Gasteiger partial charge in [0.2, 0.25) is 11.8 Å². The number of imide groups is 1. The minimum absolute atomic E-state index is 0.155. The number of likely N-dealkylation sites (tertiary alicyclic amines) is 1. The molecular formula is C29H22ClN3O6. The second-order valence-electron chi connectivity index (χ2n) is 9.67. The van der Waals surface area contributed by atoms with Gasteiger partial charge in [-0.1, -0.05) is 72.3 Å². The molecule has 0 radical (unpaired) electrons. The lowest BCUT2D eigenvalue weighted by atomic mass is 9.55. The highest BCUT2D eigenvalue weighted by atomic mass is 35.5. The molecule has 39 heavy (non-hydrogen) atoms. The summed E-state index contributed by atoms with van der Waals surface area (Å²) < 4.78 is 5.00. The lowest BCUT2D eigenvalue weighted by Gasteiger charge is -2.45. The second kappa shape index (κ2) is 9.67. The van der Waals surface area contributed by atoms with Gasteiger partial charge in [-0.3, -0.25) is 39.7 Å². The van der Waals surface area contributed by atoms with Crippen LogP contribution in [0.3, 0.4) is 0 Å². The van der Waals surface area contributed by atoms with Gasteiger partial charge in [0.25, 0.3) is 11.8 Å². The van der Waals surface area contributed by atoms with Crippen LogP contribution in [0, 0.1) is 11.8 Å². The van der Waals surface area contributed by atoms with Crippen molar-refractivity contribution in [2.45, 2.75) is 11.8 Å². The van der Waals surface area contributed by atoms with Crippen LogP contribution in [0.15, 0.2) is 72.8 Å². The Balaban J connectivity index is 1.11. The summed E-state index contributed by atoms with van der Waals surface area (Å²) in [7, 11) is 0. The van der Waals surface area contributed by atoms with Crippen LogP contribution in [0.2, 0.25) is 5.02 Å². The third-order valence-corrected chi connectivity index (χ3v) is 7.95. The molecule has 0 spiro atoms. The number of hydrazine groups is 1. The molecule has 2 atom stereocenters. The van der Waals surface area contributed by atoms with Gasteiger partial charge in [-0.2, -0.15) is 0 Å². The molecule has 0 aromatic heterocycles. The zero-order valence-electron chi connectivity index (χ0n) is 20.4. The number of hydrogen-bond acceptors (Lipinski definition) is 6. The average Bonchev–Trinajstić information content (AvgIpc) is 3.20. The van der Waals surface area contributed by atoms with Crippen LogP contribution in [0.1, 0.15) is 44.4 Å². The minimum atomic E-state index is -0.912. The summed E-state index contributed by atoms with van der Waals surface area (Å²) in [5.41, 5.74) is 8.60. The fourth-order valence-electron chi connectivity index (χ4n) is 6.09. The highest BCUT2D eigenvalue weighted by Crippen LogP contribution is 2.60. The second-order valence-corrected chi connectivity index (χ2v) is 10.1. The summed E-state index contributed by atoms with van der Waals surface area (Å²) in [5.74, 6) is -4.98. The molecule has 3 aliphatic carbocycles. The van der Waals surface area contributed by atoms with Crippen LogP contribution in [0.4, 0.5) is 0 Å². The maximum Gasteiger partial charge on any atom is 0.326 e. The highest BCUT2D eigenvalue weighted by molar-refractivity contribution is 6.33. The van der Waals surface area contributed by atoms with Gasteiger partial charge in [-0.15, -0.1) is 0 Å². The molecule has 10 heteroatoms. The van der Waals surface area contributed by atoms with Crippen LogP contribution in [-0.4, -0.2) is 47.6 Å². The SMILES string of the molecule is O=C(COC(=O)CN1C(=O)[C@@H]2C3c4ccccc4C(c4ccccc43)[C@H]2C1=O)NNC(=O)c1ccccc1Cl. The number of rotatable bonds is 5. The molecule has 9 nitrogen and oxygen atoms in total. The number of benzene rings is 3. The van der Waals surface area contributed by atoms with Gasteiger partial charge in [0.15, 0.2) is 6.61 Å². The normalized spacial score (nSPS) is 22.0. The van der Waals surface area contributed by atoms with Crippen molar-refractivity contribution in [2.75, 3.05) is 13.2 Å². The molecule has 7 rings (SSSR count). The Morgan fingerprint density at radius 3 is 1.74 bits per heavy atom. The van der Waals surface area contributed by atoms with Crippen molar-refractivity contribution in [3.63, 3.8) is 0 Å². The maximum absolute atomic E-state index is 13.5. The number of ether oxygens (including phenoxy) is 1. The molecule has 1 fully saturated rings. The van der Waals surface area contributed by atoms with Crippen molar-refractivity contribution in [3.05, 3.63) is 106 Å². The van der Waals surface area contributed by atoms with Gasteiger partial charge in [0, 0.05) is 11.8 Å². The number of hydrogen-bond donors (Lipinski definition) is 2. The van der Waals surface area contributed by atoms with E-state index in [4.69, 9.17) is 16.3 Å². The molecule has 1 heterocycles. The van der Waals surface area contributed by atoms with Crippen LogP contribution in [0.25, 0.3) is 0 Å². The number of nitrogens with zero attached hydrogens (tertiary/aromatic N) is 1. The van der Waals surface area contributed by atoms with Gasteiger partial charge >= 0.3 is 5.97 Å². The number of carbonyl (C=O) groups is 5. The lowest BCUT2D eigenvalue weighted by Crippen LogP contribution is -2.44. The minimum Gasteiger partial charge on any atom is -0.454 e. The molecule has 196 valence electrons. The van der Waals surface area contributed by atoms with Crippen molar-refractivity contribution < 1.29 is 28.7 Å². The Kier molecular flexibility index (Phi) is 6.15. The summed E-state index contributed by atoms with van der Waals surface area (Å²) in [6.45, 7) is -1.32. The first-order chi connectivity index (χ1) is 18.9. The Morgan fingerprint density at radius 2 is 1.23 bits per heavy atom. The lowest BCUT2D eigenvalue weighted by molar-refractivity contribution is -0.155. The average molecular weight is 544 g/mol. The molecule has 2 bridgehead atoms. The van der Waals surface area contributed by atoms with Crippen LogP contribution < -0.4 is 10.9 Å². The summed E-state index contributed by atoms with van der Waals surface area (Å²) in [6.07, 6.45) is 0. The van der Waals surface area contributed by atoms with Crippen LogP contribution in [0.5, 0.6) is 0 Å². The monoisotopic (exact) mass is 543 g/mol. The first-order valence-electron chi connectivity index (χ1n) is 12.4. The van der Waals surface area contributed by atoms with Crippen molar-refractivity contribution in [1.29, 1.82) is 0 Å². The first kappa shape index (κ1) is 24.8. The summed E-state index contributed by atoms with van der Waals surface area (Å²) in [4.78, 5) is 64.8. The quantitative estimate of drug-likeness (QED) is 0.290. The number of carbonyl (C=O) groups excluding carboxylic acids is 5. The smallest absolute Gasteiger partial charge is 0.326 e. The molecule has 0 unspecified atom stereocenters. The van der Waals surface area contributed by atoms with E-state index in [1.165, 1.54) is 12.1 Å². The predicted octanol–water partition coefficient (Wildman–Crippen LogP) is 2.54. The molecule has 4 aliphatic rings. The van der Waals surface area contributed by atoms with Crippen LogP contribution >= 0.6 is 11.6 Å². The highest BCUT2D eigenvalue weighted by Gasteiger charge is 2.61. The largest absolute Gasteiger partial charge is 0.454 e. The molecule has 0 saturated carbocycles. The van der Waals surface area contributed by atoms with E-state index < -0.39 is 54.6 Å². The Hall–Kier alpha value is -4.50. The maximum atomic E-state index is 13.5. The van der Waals surface area contributed by atoms with E-state index in [2.05, 4.69) is 10.9 Å². The molecule has 3 aromatic carbocycles. The van der Waals surface area contributed by atoms with E-state index in [1.54, 1.807) is 12.1 Å². The predicted molar refractivity (Wildman–Crippen MR) is 138 cm³/mol. The summed E-state index contributed by atoms with van der Waals surface area (Å²) >= 11 is 5.96. The van der Waals surface area contributed by atoms with Crippen molar-refractivity contribution >= 4 is 41.2 Å². The molecular weight excluding hydrogens is 522 g/mol. The van der Waals surface area contributed by atoms with Gasteiger partial charge < -0.3 is 4.74 Å². The zero-order chi connectivity index (χ0) is 27.3. The molecule has 2 N–H and O–H groups in total. The van der Waals surface area contributed by atoms with E-state index >= 15 is 0 Å². The topological polar surface area (TPSA) is 122 Å². The third kappa shape index (κ3) is 4.06. The van der Waals surface area contributed by atoms with Gasteiger partial charge in [0.1, 0.15) is 6.54 Å². The van der Waals surface area contributed by atoms with Crippen molar-refractivity contribution in [1.82, 2.24) is 15.8 Å². The van der Waals surface area contributed by atoms with Gasteiger partial charge in [-0.25, -0.2) is 0 Å². The standard InChI is InChI=1S/C29H22ClN3O6/c30-20-12-6-5-11-19(20)27(36)32-31-21(34)14-39-22(35)13-33-28(37)25-23-15-7-1-2-8-16(15)24(26(25)29(33)38)18-10-4-3-9-17(18)23/h1-12,23-26H,13-14H2,(H,31,34)(H,32,36)/t23?,24?,25-,26-/m1/s1. The Labute approximate surface area is 228 Å². The van der Waals surface area contributed by atoms with E-state index in [-0.39, 0.29) is 22.4 Å². The summed E-state index contributed by atoms with van der Waals surface area (Å²) in [6, 6.07) is 22.0. The Morgan fingerprint density at radius 1 is 0.744 bits per heavy atom. The van der Waals surface area contributed by atoms with E-state index in [0.717, 1.165) is 27.2 Å². The zero-order valence-corrected chi connectivity index (χ0v) is 21.2. The number of amides is 4. The van der Waals surface area contributed by atoms with E-state index in [0.29, 0.717) is 0 Å². The molecule has 1 saturated heterocycles. The molecule has 1 aliphatic heterocycles. The summed E-state index contributed by atoms with van der Waals surface area (Å²) in [5, 5.41) is 0.204. The van der Waals surface area contributed by atoms with Gasteiger partial charge in [-0.05, 0) is 34.4 Å². The molecule has 3 aromatic rings. The Bertz CT molecular complexity index is 1440. The number of halogens is 1. The van der Waals surface area contributed by atoms with Crippen LogP contribution in [-0.2, 0) is 23.9 Å². The van der Waals surface area contributed by atoms with Crippen molar-refractivity contribution in [3.8, 4) is 0 Å². The van der Waals surface area contributed by atoms with E-state index in [9.17, 15) is 24.0 Å². The third-order valence-electron chi connectivity index (χ3n) is 7.63. The van der Waals surface area contributed by atoms with E-state index in [1.807, 2.05) is 48.5 Å². The first-order valence-corrected chi connectivity index (χ1v) is 12.8. The van der Waals surface area contributed by atoms with Gasteiger partial charge in [0.05, 0.1) is 22.4 Å². The van der Waals surface area contributed by atoms with Crippen molar-refractivity contribution in [2.24, 2.45) is 11.8 Å². The number of nitrogens with one attached hydrogen (secondary N) is 2. The molecule has 4 amide bonds. The fraction of sp³-hybridized carbons (Fsp3) is 0.207. The fourth-order valence-corrected chi connectivity index (χ4v) is 6.31. The number of esters is 1.